The topological polar surface area (TPSA) is 52.6 Å². The summed E-state index contributed by atoms with van der Waals surface area (Å²) < 4.78 is 25.1. The molecule has 162 valence electrons. The second-order valence-electron chi connectivity index (χ2n) is 8.87. The van der Waals surface area contributed by atoms with Crippen molar-refractivity contribution in [3.8, 4) is 0 Å². The van der Waals surface area contributed by atoms with Gasteiger partial charge in [-0.15, -0.1) is 0 Å². The first-order valence-corrected chi connectivity index (χ1v) is 13.1. The Balaban J connectivity index is 1.61. The normalized spacial score (nSPS) is 19.3. The molecule has 0 radical (unpaired) electrons. The molecule has 0 bridgehead atoms. The fraction of sp³-hybridized carbons (Fsp3) is 0.708. The smallest absolute Gasteiger partial charge is 0.303 e. The van der Waals surface area contributed by atoms with Crippen molar-refractivity contribution in [3.63, 3.8) is 0 Å². The van der Waals surface area contributed by atoms with Crippen molar-refractivity contribution in [2.75, 3.05) is 13.2 Å². The van der Waals surface area contributed by atoms with Gasteiger partial charge in [0.15, 0.2) is 0 Å². The molecule has 2 fully saturated rings. The van der Waals surface area contributed by atoms with E-state index in [4.69, 9.17) is 9.05 Å². The molecule has 2 aliphatic rings. The lowest BCUT2D eigenvalue weighted by Crippen LogP contribution is -2.15. The van der Waals surface area contributed by atoms with Gasteiger partial charge >= 0.3 is 7.60 Å². The average molecular weight is 421 g/mol. The highest BCUT2D eigenvalue weighted by Gasteiger charge is 2.37. The molecule has 3 rings (SSSR count). The second kappa shape index (κ2) is 11.4. The standard InChI is InChI=1S/C24H37O4P/c1-20-10-8-9-15-23(20)24(25)29(26,27-18-16-21-11-4-2-5-12-21)28-19-17-22-13-6-3-7-14-22/h8-10,15,21-22H,2-7,11-14,16-19H2,1H3. The third kappa shape index (κ3) is 6.77. The van der Waals surface area contributed by atoms with E-state index in [9.17, 15) is 9.36 Å². The molecule has 0 aromatic heterocycles. The van der Waals surface area contributed by atoms with Gasteiger partial charge in [-0.05, 0) is 37.2 Å². The maximum absolute atomic E-state index is 13.6. The Labute approximate surface area is 176 Å². The minimum Gasteiger partial charge on any atom is -0.303 e. The van der Waals surface area contributed by atoms with Crippen LogP contribution in [-0.2, 0) is 13.6 Å². The molecule has 0 unspecified atom stereocenters. The van der Waals surface area contributed by atoms with E-state index < -0.39 is 13.1 Å². The molecule has 1 aromatic rings. The molecule has 2 saturated carbocycles. The van der Waals surface area contributed by atoms with Crippen LogP contribution in [0.3, 0.4) is 0 Å². The summed E-state index contributed by atoms with van der Waals surface area (Å²) in [6.07, 6.45) is 14.2. The van der Waals surface area contributed by atoms with Crippen LogP contribution in [0, 0.1) is 18.8 Å². The van der Waals surface area contributed by atoms with Crippen LogP contribution in [0.25, 0.3) is 0 Å². The van der Waals surface area contributed by atoms with E-state index in [1.807, 2.05) is 19.1 Å². The molecule has 4 nitrogen and oxygen atoms in total. The lowest BCUT2D eigenvalue weighted by atomic mass is 9.87. The summed E-state index contributed by atoms with van der Waals surface area (Å²) in [5, 5.41) is 0. The van der Waals surface area contributed by atoms with Crippen molar-refractivity contribution in [1.29, 1.82) is 0 Å². The van der Waals surface area contributed by atoms with Gasteiger partial charge in [-0.1, -0.05) is 88.5 Å². The Bertz CT molecular complexity index is 662. The average Bonchev–Trinajstić information content (AvgIpc) is 2.75. The van der Waals surface area contributed by atoms with Crippen LogP contribution in [0.4, 0.5) is 0 Å². The number of rotatable bonds is 10. The van der Waals surface area contributed by atoms with Crippen molar-refractivity contribution in [3.05, 3.63) is 35.4 Å². The monoisotopic (exact) mass is 420 g/mol. The van der Waals surface area contributed by atoms with E-state index in [0.29, 0.717) is 30.6 Å². The van der Waals surface area contributed by atoms with E-state index in [-0.39, 0.29) is 0 Å². The number of carbonyl (C=O) groups excluding carboxylic acids is 1. The summed E-state index contributed by atoms with van der Waals surface area (Å²) in [5.74, 6) is 1.24. The minimum absolute atomic E-state index is 0.336. The first kappa shape index (κ1) is 22.7. The molecular weight excluding hydrogens is 383 g/mol. The van der Waals surface area contributed by atoms with Gasteiger partial charge in [-0.2, -0.15) is 0 Å². The molecule has 0 saturated heterocycles. The lowest BCUT2D eigenvalue weighted by Gasteiger charge is -2.24. The number of carbonyl (C=O) groups is 1. The van der Waals surface area contributed by atoms with E-state index >= 15 is 0 Å². The molecular formula is C24H37O4P. The van der Waals surface area contributed by atoms with E-state index in [2.05, 4.69) is 0 Å². The van der Waals surface area contributed by atoms with Crippen molar-refractivity contribution >= 4 is 13.1 Å². The van der Waals surface area contributed by atoms with Gasteiger partial charge in [0.05, 0.1) is 13.2 Å². The molecule has 1 aromatic carbocycles. The van der Waals surface area contributed by atoms with Crippen molar-refractivity contribution in [2.24, 2.45) is 11.8 Å². The van der Waals surface area contributed by atoms with Crippen LogP contribution in [-0.4, -0.2) is 18.7 Å². The van der Waals surface area contributed by atoms with Crippen molar-refractivity contribution in [2.45, 2.75) is 84.0 Å². The predicted molar refractivity (Wildman–Crippen MR) is 117 cm³/mol. The molecule has 2 aliphatic carbocycles. The third-order valence-electron chi connectivity index (χ3n) is 6.65. The first-order chi connectivity index (χ1) is 14.1. The summed E-state index contributed by atoms with van der Waals surface area (Å²) >= 11 is 0. The van der Waals surface area contributed by atoms with Crippen LogP contribution < -0.4 is 0 Å². The Morgan fingerprint density at radius 1 is 0.862 bits per heavy atom. The SMILES string of the molecule is Cc1ccccc1C(=O)P(=O)(OCCC1CCCCC1)OCCC1CCCCC1. The quantitative estimate of drug-likeness (QED) is 0.373. The molecule has 5 heteroatoms. The Kier molecular flexibility index (Phi) is 8.96. The maximum atomic E-state index is 13.6. The molecule has 0 spiro atoms. The predicted octanol–water partition coefficient (Wildman–Crippen LogP) is 7.30. The highest BCUT2D eigenvalue weighted by Crippen LogP contribution is 2.52. The number of hydrogen-bond donors (Lipinski definition) is 0. The molecule has 29 heavy (non-hydrogen) atoms. The van der Waals surface area contributed by atoms with Gasteiger partial charge in [-0.25, -0.2) is 0 Å². The summed E-state index contributed by atoms with van der Waals surface area (Å²) in [7, 11) is -3.83. The zero-order valence-corrected chi connectivity index (χ0v) is 18.8. The van der Waals surface area contributed by atoms with Crippen LogP contribution >= 0.6 is 7.60 Å². The van der Waals surface area contributed by atoms with Crippen LogP contribution in [0.5, 0.6) is 0 Å². The maximum Gasteiger partial charge on any atom is 0.401 e. The zero-order valence-electron chi connectivity index (χ0n) is 17.9. The van der Waals surface area contributed by atoms with Gasteiger partial charge in [0.25, 0.3) is 5.52 Å². The number of aryl methyl sites for hydroxylation is 1. The number of hydrogen-bond acceptors (Lipinski definition) is 4. The van der Waals surface area contributed by atoms with Gasteiger partial charge in [-0.3, -0.25) is 9.36 Å². The van der Waals surface area contributed by atoms with E-state index in [0.717, 1.165) is 18.4 Å². The summed E-state index contributed by atoms with van der Waals surface area (Å²) in [6.45, 7) is 2.54. The van der Waals surface area contributed by atoms with E-state index in [1.54, 1.807) is 12.1 Å². The van der Waals surface area contributed by atoms with Gasteiger partial charge < -0.3 is 9.05 Å². The van der Waals surface area contributed by atoms with Gasteiger partial charge in [0.1, 0.15) is 0 Å². The highest BCUT2D eigenvalue weighted by molar-refractivity contribution is 7.72. The Morgan fingerprint density at radius 2 is 1.34 bits per heavy atom. The van der Waals surface area contributed by atoms with Crippen LogP contribution in [0.1, 0.15) is 93.0 Å². The summed E-state index contributed by atoms with van der Waals surface area (Å²) in [6, 6.07) is 7.26. The van der Waals surface area contributed by atoms with Gasteiger partial charge in [0, 0.05) is 5.56 Å². The molecule has 0 N–H and O–H groups in total. The molecule has 0 amide bonds. The fourth-order valence-corrected chi connectivity index (χ4v) is 6.29. The summed E-state index contributed by atoms with van der Waals surface area (Å²) in [4.78, 5) is 13.1. The molecule has 0 aliphatic heterocycles. The van der Waals surface area contributed by atoms with Crippen LogP contribution in [0.2, 0.25) is 0 Å². The lowest BCUT2D eigenvalue weighted by molar-refractivity contribution is 0.0977. The Hall–Kier alpha value is -0.960. The van der Waals surface area contributed by atoms with Crippen molar-refractivity contribution in [1.82, 2.24) is 0 Å². The molecule has 0 atom stereocenters. The molecule has 0 heterocycles. The third-order valence-corrected chi connectivity index (χ3v) is 8.43. The fourth-order valence-electron chi connectivity index (χ4n) is 4.75. The largest absolute Gasteiger partial charge is 0.401 e. The Morgan fingerprint density at radius 3 is 1.83 bits per heavy atom. The van der Waals surface area contributed by atoms with Crippen LogP contribution in [0.15, 0.2) is 24.3 Å². The summed E-state index contributed by atoms with van der Waals surface area (Å²) in [5.41, 5.74) is 0.776. The minimum atomic E-state index is -3.83. The zero-order chi connectivity index (χ0) is 20.5. The first-order valence-electron chi connectivity index (χ1n) is 11.6. The van der Waals surface area contributed by atoms with Gasteiger partial charge in [0.2, 0.25) is 0 Å². The number of benzene rings is 1. The van der Waals surface area contributed by atoms with Crippen molar-refractivity contribution < 1.29 is 18.4 Å². The van der Waals surface area contributed by atoms with E-state index in [1.165, 1.54) is 64.2 Å². The second-order valence-corrected chi connectivity index (χ2v) is 10.8. The highest BCUT2D eigenvalue weighted by atomic mass is 31.2.